The number of nitrogens with zero attached hydrogens (tertiary/aromatic N) is 5. The first kappa shape index (κ1) is 12.7. The summed E-state index contributed by atoms with van der Waals surface area (Å²) in [6.07, 6.45) is 6.69. The molecule has 0 aromatic carbocycles. The Bertz CT molecular complexity index is 564. The lowest BCUT2D eigenvalue weighted by Gasteiger charge is -2.32. The van der Waals surface area contributed by atoms with Crippen LogP contribution >= 0.6 is 0 Å². The van der Waals surface area contributed by atoms with Crippen LogP contribution in [0.1, 0.15) is 11.8 Å². The van der Waals surface area contributed by atoms with Crippen LogP contribution in [-0.2, 0) is 4.74 Å². The molecule has 7 heteroatoms. The van der Waals surface area contributed by atoms with Crippen molar-refractivity contribution in [3.63, 3.8) is 0 Å². The summed E-state index contributed by atoms with van der Waals surface area (Å²) < 4.78 is 5.82. The molecule has 3 rings (SSSR count). The Hall–Kier alpha value is -2.28. The standard InChI is InChI=1S/C13H16N6O/c1-14-12-11(15-5-6-16-12)10-9-19(7-8-20-10)13-17-3-2-4-18-13/h2-6,10H,7-9H2,1H3,(H,14,16). The van der Waals surface area contributed by atoms with E-state index in [1.807, 2.05) is 13.1 Å². The summed E-state index contributed by atoms with van der Waals surface area (Å²) in [5, 5.41) is 3.04. The molecule has 7 nitrogen and oxygen atoms in total. The third-order valence-electron chi connectivity index (χ3n) is 3.17. The molecule has 20 heavy (non-hydrogen) atoms. The van der Waals surface area contributed by atoms with Crippen LogP contribution in [0.4, 0.5) is 11.8 Å². The molecule has 2 aromatic heterocycles. The molecule has 0 bridgehead atoms. The van der Waals surface area contributed by atoms with E-state index in [4.69, 9.17) is 4.74 Å². The van der Waals surface area contributed by atoms with E-state index in [2.05, 4.69) is 30.2 Å². The molecule has 1 aliphatic heterocycles. The number of nitrogens with one attached hydrogen (secondary N) is 1. The molecule has 1 saturated heterocycles. The molecule has 0 spiro atoms. The maximum absolute atomic E-state index is 5.82. The van der Waals surface area contributed by atoms with Gasteiger partial charge in [-0.2, -0.15) is 0 Å². The highest BCUT2D eigenvalue weighted by molar-refractivity contribution is 5.41. The molecule has 2 aromatic rings. The summed E-state index contributed by atoms with van der Waals surface area (Å²) in [5.74, 6) is 1.46. The van der Waals surface area contributed by atoms with Gasteiger partial charge < -0.3 is 15.0 Å². The van der Waals surface area contributed by atoms with E-state index in [9.17, 15) is 0 Å². The molecule has 0 aliphatic carbocycles. The molecule has 0 amide bonds. The van der Waals surface area contributed by atoms with Gasteiger partial charge in [-0.15, -0.1) is 0 Å². The fraction of sp³-hybridized carbons (Fsp3) is 0.385. The lowest BCUT2D eigenvalue weighted by molar-refractivity contribution is 0.0367. The fourth-order valence-electron chi connectivity index (χ4n) is 2.23. The second-order valence-electron chi connectivity index (χ2n) is 4.39. The Morgan fingerprint density at radius 2 is 1.95 bits per heavy atom. The molecule has 1 N–H and O–H groups in total. The predicted molar refractivity (Wildman–Crippen MR) is 74.5 cm³/mol. The average Bonchev–Trinajstić information content (AvgIpc) is 2.56. The number of hydrogen-bond donors (Lipinski definition) is 1. The molecule has 0 saturated carbocycles. The Morgan fingerprint density at radius 3 is 2.75 bits per heavy atom. The SMILES string of the molecule is CNc1nccnc1C1CN(c2ncccn2)CCO1. The molecule has 1 aliphatic rings. The highest BCUT2D eigenvalue weighted by atomic mass is 16.5. The number of morpholine rings is 1. The molecule has 104 valence electrons. The molecular weight excluding hydrogens is 256 g/mol. The van der Waals surface area contributed by atoms with Crippen LogP contribution in [0.5, 0.6) is 0 Å². The van der Waals surface area contributed by atoms with Gasteiger partial charge in [-0.1, -0.05) is 0 Å². The van der Waals surface area contributed by atoms with E-state index in [0.717, 1.165) is 24.0 Å². The minimum absolute atomic E-state index is 0.135. The van der Waals surface area contributed by atoms with Crippen LogP contribution < -0.4 is 10.2 Å². The van der Waals surface area contributed by atoms with Crippen LogP contribution in [0, 0.1) is 0 Å². The van der Waals surface area contributed by atoms with E-state index in [-0.39, 0.29) is 6.10 Å². The number of aromatic nitrogens is 4. The lowest BCUT2D eigenvalue weighted by atomic mass is 10.2. The van der Waals surface area contributed by atoms with Gasteiger partial charge in [0.15, 0.2) is 0 Å². The van der Waals surface area contributed by atoms with Gasteiger partial charge in [0.05, 0.1) is 13.2 Å². The van der Waals surface area contributed by atoms with Gasteiger partial charge >= 0.3 is 0 Å². The number of hydrogen-bond acceptors (Lipinski definition) is 7. The van der Waals surface area contributed by atoms with E-state index >= 15 is 0 Å². The minimum atomic E-state index is -0.135. The van der Waals surface area contributed by atoms with Gasteiger partial charge in [0.1, 0.15) is 17.6 Å². The van der Waals surface area contributed by atoms with Crippen molar-refractivity contribution in [2.45, 2.75) is 6.10 Å². The molecule has 1 atom stereocenters. The molecule has 1 unspecified atom stereocenters. The van der Waals surface area contributed by atoms with Crippen molar-refractivity contribution in [2.24, 2.45) is 0 Å². The average molecular weight is 272 g/mol. The van der Waals surface area contributed by atoms with Crippen LogP contribution in [0.25, 0.3) is 0 Å². The van der Waals surface area contributed by atoms with Gasteiger partial charge in [0, 0.05) is 38.4 Å². The second-order valence-corrected chi connectivity index (χ2v) is 4.39. The lowest BCUT2D eigenvalue weighted by Crippen LogP contribution is -2.39. The molecule has 3 heterocycles. The van der Waals surface area contributed by atoms with Crippen molar-refractivity contribution < 1.29 is 4.74 Å². The smallest absolute Gasteiger partial charge is 0.225 e. The normalized spacial score (nSPS) is 18.9. The van der Waals surface area contributed by atoms with Crippen molar-refractivity contribution in [1.29, 1.82) is 0 Å². The summed E-state index contributed by atoms with van der Waals surface area (Å²) in [6.45, 7) is 2.05. The Morgan fingerprint density at radius 1 is 1.15 bits per heavy atom. The third-order valence-corrected chi connectivity index (χ3v) is 3.17. The zero-order valence-electron chi connectivity index (χ0n) is 11.2. The monoisotopic (exact) mass is 272 g/mol. The summed E-state index contributed by atoms with van der Waals surface area (Å²) in [6, 6.07) is 1.81. The zero-order valence-corrected chi connectivity index (χ0v) is 11.2. The van der Waals surface area contributed by atoms with E-state index in [1.54, 1.807) is 24.8 Å². The maximum Gasteiger partial charge on any atom is 0.225 e. The molecule has 1 fully saturated rings. The molecule has 0 radical (unpaired) electrons. The van der Waals surface area contributed by atoms with Gasteiger partial charge in [0.2, 0.25) is 5.95 Å². The minimum Gasteiger partial charge on any atom is -0.372 e. The first-order valence-electron chi connectivity index (χ1n) is 6.50. The first-order chi connectivity index (χ1) is 9.88. The largest absolute Gasteiger partial charge is 0.372 e. The number of rotatable bonds is 3. The fourth-order valence-corrected chi connectivity index (χ4v) is 2.23. The van der Waals surface area contributed by atoms with Gasteiger partial charge in [0.25, 0.3) is 0 Å². The van der Waals surface area contributed by atoms with Crippen LogP contribution in [0.2, 0.25) is 0 Å². The van der Waals surface area contributed by atoms with Crippen molar-refractivity contribution in [2.75, 3.05) is 37.0 Å². The third kappa shape index (κ3) is 2.53. The van der Waals surface area contributed by atoms with Crippen molar-refractivity contribution in [3.05, 3.63) is 36.5 Å². The topological polar surface area (TPSA) is 76.1 Å². The van der Waals surface area contributed by atoms with Gasteiger partial charge in [-0.05, 0) is 6.07 Å². The summed E-state index contributed by atoms with van der Waals surface area (Å²) in [5.41, 5.74) is 0.815. The second kappa shape index (κ2) is 5.79. The zero-order chi connectivity index (χ0) is 13.8. The van der Waals surface area contributed by atoms with Crippen molar-refractivity contribution in [3.8, 4) is 0 Å². The number of anilines is 2. The van der Waals surface area contributed by atoms with Crippen LogP contribution in [0.3, 0.4) is 0 Å². The Kier molecular flexibility index (Phi) is 3.69. The summed E-state index contributed by atoms with van der Waals surface area (Å²) in [7, 11) is 1.83. The predicted octanol–water partition coefficient (Wildman–Crippen LogP) is 0.886. The van der Waals surface area contributed by atoms with E-state index < -0.39 is 0 Å². The van der Waals surface area contributed by atoms with Crippen molar-refractivity contribution in [1.82, 2.24) is 19.9 Å². The highest BCUT2D eigenvalue weighted by Crippen LogP contribution is 2.26. The summed E-state index contributed by atoms with van der Waals surface area (Å²) >= 11 is 0. The van der Waals surface area contributed by atoms with E-state index in [1.165, 1.54) is 0 Å². The van der Waals surface area contributed by atoms with E-state index in [0.29, 0.717) is 13.2 Å². The Balaban J connectivity index is 1.82. The quantitative estimate of drug-likeness (QED) is 0.889. The highest BCUT2D eigenvalue weighted by Gasteiger charge is 2.26. The Labute approximate surface area is 117 Å². The molecular formula is C13H16N6O. The van der Waals surface area contributed by atoms with Crippen LogP contribution in [0.15, 0.2) is 30.9 Å². The first-order valence-corrected chi connectivity index (χ1v) is 6.50. The maximum atomic E-state index is 5.82. The number of ether oxygens (including phenoxy) is 1. The van der Waals surface area contributed by atoms with Gasteiger partial charge in [-0.25, -0.2) is 15.0 Å². The van der Waals surface area contributed by atoms with Gasteiger partial charge in [-0.3, -0.25) is 4.98 Å². The van der Waals surface area contributed by atoms with Crippen molar-refractivity contribution >= 4 is 11.8 Å². The van der Waals surface area contributed by atoms with Crippen LogP contribution in [-0.4, -0.2) is 46.7 Å². The summed E-state index contributed by atoms with van der Waals surface area (Å²) in [4.78, 5) is 19.3.